The Balaban J connectivity index is 1.70. The van der Waals surface area contributed by atoms with Gasteiger partial charge in [0.2, 0.25) is 11.8 Å². The summed E-state index contributed by atoms with van der Waals surface area (Å²) < 4.78 is 13.6. The quantitative estimate of drug-likeness (QED) is 0.324. The van der Waals surface area contributed by atoms with Gasteiger partial charge in [-0.15, -0.1) is 11.3 Å². The number of thiophene rings is 1. The van der Waals surface area contributed by atoms with E-state index >= 15 is 0 Å². The van der Waals surface area contributed by atoms with E-state index in [2.05, 4.69) is 5.32 Å². The van der Waals surface area contributed by atoms with Crippen LogP contribution in [0.5, 0.6) is 0 Å². The Labute approximate surface area is 209 Å². The Bertz CT molecular complexity index is 1260. The first-order valence-electron chi connectivity index (χ1n) is 11.4. The summed E-state index contributed by atoms with van der Waals surface area (Å²) >= 11 is 1.51. The maximum atomic E-state index is 13.7. The molecule has 6 heteroatoms. The van der Waals surface area contributed by atoms with Crippen molar-refractivity contribution in [3.63, 3.8) is 0 Å². The smallest absolute Gasteiger partial charge is 0.247 e. The zero-order valence-corrected chi connectivity index (χ0v) is 20.3. The van der Waals surface area contributed by atoms with E-state index < -0.39 is 6.04 Å². The lowest BCUT2D eigenvalue weighted by Gasteiger charge is -2.32. The summed E-state index contributed by atoms with van der Waals surface area (Å²) in [6.45, 7) is 2.47. The standard InChI is InChI=1S/C29H27FN2O2S/c1-21-8-5-6-12-26(21)28(29(34)31-19-22-9-3-2-4-10-22)32(20-23-13-15-24(30)16-14-23)27(33)18-25-11-7-17-35-25/h2-17,28H,18-20H2,1H3,(H,31,34). The maximum absolute atomic E-state index is 13.7. The predicted molar refractivity (Wildman–Crippen MR) is 137 cm³/mol. The SMILES string of the molecule is Cc1ccccc1C(C(=O)NCc1ccccc1)N(Cc1ccc(F)cc1)C(=O)Cc1cccs1. The van der Waals surface area contributed by atoms with Crippen molar-refractivity contribution >= 4 is 23.2 Å². The van der Waals surface area contributed by atoms with Crippen molar-refractivity contribution in [2.75, 3.05) is 0 Å². The molecular weight excluding hydrogens is 459 g/mol. The van der Waals surface area contributed by atoms with Gasteiger partial charge in [-0.1, -0.05) is 72.8 Å². The molecule has 1 aromatic heterocycles. The normalized spacial score (nSPS) is 11.6. The highest BCUT2D eigenvalue weighted by Crippen LogP contribution is 2.28. The van der Waals surface area contributed by atoms with E-state index in [-0.39, 0.29) is 30.6 Å². The average Bonchev–Trinajstić information content (AvgIpc) is 3.38. The number of nitrogens with zero attached hydrogens (tertiary/aromatic N) is 1. The van der Waals surface area contributed by atoms with Crippen LogP contribution in [-0.2, 0) is 29.1 Å². The second-order valence-corrected chi connectivity index (χ2v) is 9.40. The summed E-state index contributed by atoms with van der Waals surface area (Å²) in [6, 6.07) is 26.3. The Hall–Kier alpha value is -3.77. The van der Waals surface area contributed by atoms with E-state index in [0.717, 1.165) is 27.1 Å². The number of carbonyl (C=O) groups is 2. The minimum Gasteiger partial charge on any atom is -0.350 e. The molecule has 0 bridgehead atoms. The average molecular weight is 487 g/mol. The molecule has 0 saturated heterocycles. The van der Waals surface area contributed by atoms with Crippen molar-refractivity contribution in [3.8, 4) is 0 Å². The molecule has 1 heterocycles. The highest BCUT2D eigenvalue weighted by molar-refractivity contribution is 7.10. The summed E-state index contributed by atoms with van der Waals surface area (Å²) in [5.74, 6) is -0.772. The highest BCUT2D eigenvalue weighted by atomic mass is 32.1. The van der Waals surface area contributed by atoms with Gasteiger partial charge in [0.05, 0.1) is 6.42 Å². The summed E-state index contributed by atoms with van der Waals surface area (Å²) in [4.78, 5) is 29.9. The van der Waals surface area contributed by atoms with Crippen LogP contribution in [0.1, 0.15) is 33.2 Å². The van der Waals surface area contributed by atoms with E-state index in [1.807, 2.05) is 79.0 Å². The number of hydrogen-bond donors (Lipinski definition) is 1. The third-order valence-electron chi connectivity index (χ3n) is 5.84. The van der Waals surface area contributed by atoms with E-state index in [9.17, 15) is 14.0 Å². The van der Waals surface area contributed by atoms with Crippen LogP contribution in [0.25, 0.3) is 0 Å². The summed E-state index contributed by atoms with van der Waals surface area (Å²) in [7, 11) is 0. The molecule has 178 valence electrons. The second-order valence-electron chi connectivity index (χ2n) is 8.37. The van der Waals surface area contributed by atoms with Crippen LogP contribution in [0.15, 0.2) is 96.4 Å². The third-order valence-corrected chi connectivity index (χ3v) is 6.72. The largest absolute Gasteiger partial charge is 0.350 e. The monoisotopic (exact) mass is 486 g/mol. The van der Waals surface area contributed by atoms with Gasteiger partial charge in [0.15, 0.2) is 0 Å². The summed E-state index contributed by atoms with van der Waals surface area (Å²) in [5, 5.41) is 4.95. The lowest BCUT2D eigenvalue weighted by molar-refractivity contribution is -0.141. The number of benzene rings is 3. The fraction of sp³-hybridized carbons (Fsp3) is 0.172. The number of nitrogens with one attached hydrogen (secondary N) is 1. The van der Waals surface area contributed by atoms with Gasteiger partial charge in [0.25, 0.3) is 0 Å². The van der Waals surface area contributed by atoms with Crippen molar-refractivity contribution in [1.82, 2.24) is 10.2 Å². The van der Waals surface area contributed by atoms with E-state index in [0.29, 0.717) is 6.54 Å². The minimum absolute atomic E-state index is 0.167. The van der Waals surface area contributed by atoms with Crippen molar-refractivity contribution in [2.24, 2.45) is 0 Å². The fourth-order valence-electron chi connectivity index (χ4n) is 4.00. The van der Waals surface area contributed by atoms with Crippen LogP contribution in [0.4, 0.5) is 4.39 Å². The summed E-state index contributed by atoms with van der Waals surface area (Å²) in [5.41, 5.74) is 3.40. The summed E-state index contributed by atoms with van der Waals surface area (Å²) in [6.07, 6.45) is 0.188. The molecule has 0 aliphatic rings. The number of halogens is 1. The van der Waals surface area contributed by atoms with Crippen LogP contribution < -0.4 is 5.32 Å². The van der Waals surface area contributed by atoms with Gasteiger partial charge in [-0.3, -0.25) is 9.59 Å². The molecule has 0 aliphatic carbocycles. The van der Waals surface area contributed by atoms with Crippen molar-refractivity contribution in [2.45, 2.75) is 32.5 Å². The Morgan fingerprint density at radius 3 is 2.29 bits per heavy atom. The van der Waals surface area contributed by atoms with E-state index in [4.69, 9.17) is 0 Å². The fourth-order valence-corrected chi connectivity index (χ4v) is 4.70. The molecule has 4 nitrogen and oxygen atoms in total. The highest BCUT2D eigenvalue weighted by Gasteiger charge is 2.32. The molecule has 0 saturated carbocycles. The molecule has 2 amide bonds. The van der Waals surface area contributed by atoms with Gasteiger partial charge in [0, 0.05) is 18.0 Å². The Morgan fingerprint density at radius 1 is 0.886 bits per heavy atom. The third kappa shape index (κ3) is 6.43. The zero-order valence-electron chi connectivity index (χ0n) is 19.5. The van der Waals surface area contributed by atoms with Crippen LogP contribution >= 0.6 is 11.3 Å². The van der Waals surface area contributed by atoms with Gasteiger partial charge in [-0.2, -0.15) is 0 Å². The van der Waals surface area contributed by atoms with Crippen LogP contribution in [0.3, 0.4) is 0 Å². The van der Waals surface area contributed by atoms with Crippen LogP contribution in [0, 0.1) is 12.7 Å². The molecule has 1 unspecified atom stereocenters. The van der Waals surface area contributed by atoms with E-state index in [1.165, 1.54) is 23.5 Å². The van der Waals surface area contributed by atoms with Crippen molar-refractivity contribution in [3.05, 3.63) is 129 Å². The molecule has 0 fully saturated rings. The molecule has 1 atom stereocenters. The van der Waals surface area contributed by atoms with Crippen molar-refractivity contribution < 1.29 is 14.0 Å². The molecule has 4 aromatic rings. The Morgan fingerprint density at radius 2 is 1.60 bits per heavy atom. The van der Waals surface area contributed by atoms with Crippen LogP contribution in [0.2, 0.25) is 0 Å². The topological polar surface area (TPSA) is 49.4 Å². The second kappa shape index (κ2) is 11.6. The first kappa shape index (κ1) is 24.4. The zero-order chi connectivity index (χ0) is 24.6. The van der Waals surface area contributed by atoms with Crippen molar-refractivity contribution in [1.29, 1.82) is 0 Å². The van der Waals surface area contributed by atoms with Gasteiger partial charge >= 0.3 is 0 Å². The lowest BCUT2D eigenvalue weighted by Crippen LogP contribution is -2.44. The first-order chi connectivity index (χ1) is 17.0. The van der Waals surface area contributed by atoms with Gasteiger partial charge in [-0.05, 0) is 52.8 Å². The maximum Gasteiger partial charge on any atom is 0.247 e. The van der Waals surface area contributed by atoms with Gasteiger partial charge < -0.3 is 10.2 Å². The molecule has 4 rings (SSSR count). The number of amides is 2. The molecule has 1 N–H and O–H groups in total. The molecule has 3 aromatic carbocycles. The minimum atomic E-state index is -0.836. The number of hydrogen-bond acceptors (Lipinski definition) is 3. The number of rotatable bonds is 9. The molecule has 35 heavy (non-hydrogen) atoms. The van der Waals surface area contributed by atoms with Gasteiger partial charge in [0.1, 0.15) is 11.9 Å². The molecule has 0 aliphatic heterocycles. The lowest BCUT2D eigenvalue weighted by atomic mass is 9.97. The molecular formula is C29H27FN2O2S. The first-order valence-corrected chi connectivity index (χ1v) is 12.3. The molecule has 0 radical (unpaired) electrons. The van der Waals surface area contributed by atoms with E-state index in [1.54, 1.807) is 17.0 Å². The number of aryl methyl sites for hydroxylation is 1. The van der Waals surface area contributed by atoms with Crippen LogP contribution in [-0.4, -0.2) is 16.7 Å². The number of carbonyl (C=O) groups excluding carboxylic acids is 2. The van der Waals surface area contributed by atoms with Gasteiger partial charge in [-0.25, -0.2) is 4.39 Å². The Kier molecular flexibility index (Phi) is 8.06. The predicted octanol–water partition coefficient (Wildman–Crippen LogP) is 5.82. The molecule has 0 spiro atoms.